The molecule has 0 aliphatic rings. The Hall–Kier alpha value is -0.760. The van der Waals surface area contributed by atoms with Crippen LogP contribution in [0.15, 0.2) is 47.4 Å². The third-order valence-electron chi connectivity index (χ3n) is 2.10. The molecule has 0 saturated carbocycles. The molecule has 0 aromatic heterocycles. The van der Waals surface area contributed by atoms with Gasteiger partial charge in [-0.05, 0) is 16.0 Å². The normalized spacial score (nSPS) is 10.4. The quantitative estimate of drug-likeness (QED) is 0.771. The monoisotopic (exact) mass is 351 g/mol. The second-order valence-electron chi connectivity index (χ2n) is 2.99. The number of hydrogen-bond donors (Lipinski definition) is 0. The van der Waals surface area contributed by atoms with E-state index in [0.29, 0.717) is 5.39 Å². The Morgan fingerprint density at radius 3 is 2.24 bits per heavy atom. The molecule has 2 aromatic rings. The molecule has 2 N–H and O–H groups in total. The molecule has 17 heavy (non-hydrogen) atoms. The van der Waals surface area contributed by atoms with Crippen LogP contribution < -0.4 is 0 Å². The predicted molar refractivity (Wildman–Crippen MR) is 56.9 cm³/mol. The summed E-state index contributed by atoms with van der Waals surface area (Å²) in [6, 6.07) is 11.4. The van der Waals surface area contributed by atoms with Crippen molar-refractivity contribution < 1.29 is 45.2 Å². The smallest absolute Gasteiger partial charge is 0.412 e. The van der Waals surface area contributed by atoms with E-state index < -0.39 is 10.1 Å². The fraction of sp³-hybridized carbons (Fsp3) is 0. The molecule has 2 rings (SSSR count). The van der Waals surface area contributed by atoms with Crippen molar-refractivity contribution in [3.05, 3.63) is 42.5 Å². The SMILES string of the molecule is O.O=S(=O)(OF)c1cccc2ccccc12.[Ag+3]. The average molecular weight is 352 g/mol. The summed E-state index contributed by atoms with van der Waals surface area (Å²) >= 11 is 0. The predicted octanol–water partition coefficient (Wildman–Crippen LogP) is 1.60. The van der Waals surface area contributed by atoms with E-state index in [0.717, 1.165) is 5.39 Å². The summed E-state index contributed by atoms with van der Waals surface area (Å²) in [5.74, 6) is 0. The van der Waals surface area contributed by atoms with E-state index in [1.807, 2.05) is 0 Å². The molecule has 0 radical (unpaired) electrons. The van der Waals surface area contributed by atoms with Crippen molar-refractivity contribution in [2.24, 2.45) is 0 Å². The first kappa shape index (κ1) is 16.2. The standard InChI is InChI=1S/C10H7FO3S.Ag.H2O/c11-14-15(12,13)10-7-3-5-8-4-1-2-6-9(8)10;;/h1-7H;;1H2/q;+3;. The van der Waals surface area contributed by atoms with Gasteiger partial charge in [0.25, 0.3) is 0 Å². The van der Waals surface area contributed by atoms with Crippen molar-refractivity contribution >= 4 is 20.9 Å². The van der Waals surface area contributed by atoms with Crippen molar-refractivity contribution in [2.75, 3.05) is 0 Å². The van der Waals surface area contributed by atoms with Crippen molar-refractivity contribution in [1.29, 1.82) is 0 Å². The van der Waals surface area contributed by atoms with Gasteiger partial charge in [0.1, 0.15) is 4.90 Å². The van der Waals surface area contributed by atoms with Crippen molar-refractivity contribution in [3.63, 3.8) is 0 Å². The molecule has 0 spiro atoms. The van der Waals surface area contributed by atoms with E-state index in [2.05, 4.69) is 4.39 Å². The minimum absolute atomic E-state index is 0. The van der Waals surface area contributed by atoms with Gasteiger partial charge in [0, 0.05) is 5.39 Å². The van der Waals surface area contributed by atoms with Crippen LogP contribution >= 0.6 is 0 Å². The van der Waals surface area contributed by atoms with Crippen LogP contribution in [-0.2, 0) is 36.9 Å². The van der Waals surface area contributed by atoms with Gasteiger partial charge in [-0.25, -0.2) is 0 Å². The van der Waals surface area contributed by atoms with E-state index in [1.54, 1.807) is 30.3 Å². The zero-order chi connectivity index (χ0) is 10.9. The van der Waals surface area contributed by atoms with Gasteiger partial charge in [0.05, 0.1) is 0 Å². The van der Waals surface area contributed by atoms with Crippen molar-refractivity contribution in [2.45, 2.75) is 4.90 Å². The number of rotatable bonds is 2. The van der Waals surface area contributed by atoms with Gasteiger partial charge in [0.15, 0.2) is 0 Å². The maximum absolute atomic E-state index is 11.9. The van der Waals surface area contributed by atoms with Crippen LogP contribution in [0.3, 0.4) is 0 Å². The van der Waals surface area contributed by atoms with Crippen LogP contribution in [0.2, 0.25) is 0 Å². The summed E-state index contributed by atoms with van der Waals surface area (Å²) in [4.78, 5) is -0.164. The summed E-state index contributed by atoms with van der Waals surface area (Å²) in [5.41, 5.74) is 0. The van der Waals surface area contributed by atoms with Gasteiger partial charge in [-0.1, -0.05) is 40.8 Å². The van der Waals surface area contributed by atoms with Crippen LogP contribution in [0.25, 0.3) is 10.8 Å². The second-order valence-corrected chi connectivity index (χ2v) is 4.47. The van der Waals surface area contributed by atoms with Gasteiger partial charge < -0.3 is 5.48 Å². The fourth-order valence-corrected chi connectivity index (χ4v) is 2.22. The number of benzene rings is 2. The zero-order valence-corrected chi connectivity index (χ0v) is 10.7. The maximum Gasteiger partial charge on any atom is 3.00 e. The van der Waals surface area contributed by atoms with Crippen molar-refractivity contribution in [3.8, 4) is 0 Å². The van der Waals surface area contributed by atoms with E-state index in [1.165, 1.54) is 12.1 Å². The Bertz CT molecular complexity index is 595. The molecule has 0 fully saturated rings. The number of hydrogen-bond acceptors (Lipinski definition) is 3. The van der Waals surface area contributed by atoms with E-state index in [9.17, 15) is 12.9 Å². The molecule has 0 heterocycles. The van der Waals surface area contributed by atoms with Gasteiger partial charge >= 0.3 is 32.5 Å². The third-order valence-corrected chi connectivity index (χ3v) is 3.16. The topological polar surface area (TPSA) is 74.9 Å². The van der Waals surface area contributed by atoms with Crippen LogP contribution in [0.5, 0.6) is 0 Å². The van der Waals surface area contributed by atoms with Gasteiger partial charge in [-0.3, -0.25) is 0 Å². The molecule has 0 saturated heterocycles. The maximum atomic E-state index is 11.9. The zero-order valence-electron chi connectivity index (χ0n) is 8.35. The molecule has 2 aromatic carbocycles. The molecular weight excluding hydrogens is 343 g/mol. The van der Waals surface area contributed by atoms with E-state index >= 15 is 0 Å². The molecule has 0 atom stereocenters. The van der Waals surface area contributed by atoms with Crippen LogP contribution in [0.1, 0.15) is 0 Å². The molecule has 4 nitrogen and oxygen atoms in total. The molecule has 0 bridgehead atoms. The molecule has 0 aliphatic heterocycles. The fourth-order valence-electron chi connectivity index (χ4n) is 1.45. The van der Waals surface area contributed by atoms with Crippen LogP contribution in [0.4, 0.5) is 4.53 Å². The van der Waals surface area contributed by atoms with Crippen LogP contribution in [0, 0.1) is 0 Å². The second kappa shape index (κ2) is 6.25. The summed E-state index contributed by atoms with van der Waals surface area (Å²) in [7, 11) is -4.29. The van der Waals surface area contributed by atoms with E-state index in [-0.39, 0.29) is 32.8 Å². The van der Waals surface area contributed by atoms with E-state index in [4.69, 9.17) is 0 Å². The molecule has 0 unspecified atom stereocenters. The largest absolute Gasteiger partial charge is 3.00 e. The summed E-state index contributed by atoms with van der Waals surface area (Å²) in [6.45, 7) is 0. The van der Waals surface area contributed by atoms with Gasteiger partial charge in [-0.2, -0.15) is 8.42 Å². The van der Waals surface area contributed by atoms with Crippen LogP contribution in [-0.4, -0.2) is 13.9 Å². The Balaban J connectivity index is 0.00000128. The third kappa shape index (κ3) is 3.12. The first-order valence-corrected chi connectivity index (χ1v) is 5.59. The Labute approximate surface area is 113 Å². The molecule has 94 valence electrons. The Morgan fingerprint density at radius 2 is 1.59 bits per heavy atom. The number of fused-ring (bicyclic) bond motifs is 1. The minimum Gasteiger partial charge on any atom is -0.412 e. The summed E-state index contributed by atoms with van der Waals surface area (Å²) in [5, 5.41) is 1.16. The van der Waals surface area contributed by atoms with Gasteiger partial charge in [0.2, 0.25) is 0 Å². The molecular formula is C10H9AgFO4S+3. The summed E-state index contributed by atoms with van der Waals surface area (Å²) in [6.07, 6.45) is 0. The first-order valence-electron chi connectivity index (χ1n) is 4.18. The first-order chi connectivity index (χ1) is 7.15. The Kier molecular flexibility index (Phi) is 5.97. The van der Waals surface area contributed by atoms with Gasteiger partial charge in [-0.15, -0.1) is 0 Å². The minimum atomic E-state index is -4.29. The molecule has 0 aliphatic carbocycles. The average Bonchev–Trinajstić information content (AvgIpc) is 2.28. The molecule has 7 heteroatoms. The summed E-state index contributed by atoms with van der Waals surface area (Å²) < 4.78 is 37.3. The number of halogens is 1. The Morgan fingerprint density at radius 1 is 1.00 bits per heavy atom. The van der Waals surface area contributed by atoms with Crippen molar-refractivity contribution in [1.82, 2.24) is 0 Å². The molecule has 0 amide bonds.